The number of rotatable bonds is 5. The van der Waals surface area contributed by atoms with Gasteiger partial charge in [0.2, 0.25) is 0 Å². The third-order valence-electron chi connectivity index (χ3n) is 3.19. The summed E-state index contributed by atoms with van der Waals surface area (Å²) in [4.78, 5) is 4.34. The topological polar surface area (TPSA) is 62.5 Å². The Morgan fingerprint density at radius 1 is 1.47 bits per heavy atom. The van der Waals surface area contributed by atoms with E-state index in [2.05, 4.69) is 29.2 Å². The fourth-order valence-corrected chi connectivity index (χ4v) is 1.81. The van der Waals surface area contributed by atoms with E-state index in [0.717, 1.165) is 17.8 Å². The van der Waals surface area contributed by atoms with Gasteiger partial charge in [0, 0.05) is 24.5 Å². The van der Waals surface area contributed by atoms with Crippen LogP contribution in [0.4, 0.5) is 5.82 Å². The smallest absolute Gasteiger partial charge is 0.152 e. The molecule has 5 heteroatoms. The molecule has 0 bridgehead atoms. The van der Waals surface area contributed by atoms with Crippen LogP contribution in [0.15, 0.2) is 24.7 Å². The van der Waals surface area contributed by atoms with E-state index in [0.29, 0.717) is 6.42 Å². The molecule has 1 atom stereocenters. The van der Waals surface area contributed by atoms with E-state index >= 15 is 0 Å². The number of aliphatic hydroxyl groups excluding tert-OH is 1. The van der Waals surface area contributed by atoms with Gasteiger partial charge < -0.3 is 10.4 Å². The number of aromatic nitrogens is 3. The molecule has 0 aliphatic carbocycles. The Kier molecular flexibility index (Phi) is 3.28. The molecule has 2 N–H and O–H groups in total. The summed E-state index contributed by atoms with van der Waals surface area (Å²) < 4.78 is 1.78. The standard InChI is InChI=1S/C12H18N4O/c1-3-12(2,5-9-17)15-11-10-4-6-14-16(10)8-7-13-11/h4,6-8,17H,3,5,9H2,1-2H3,(H,13,15). The fourth-order valence-electron chi connectivity index (χ4n) is 1.81. The first-order valence-corrected chi connectivity index (χ1v) is 5.86. The van der Waals surface area contributed by atoms with E-state index in [1.54, 1.807) is 16.9 Å². The zero-order valence-corrected chi connectivity index (χ0v) is 10.2. The molecule has 0 aliphatic heterocycles. The van der Waals surface area contributed by atoms with Gasteiger partial charge in [-0.25, -0.2) is 9.50 Å². The van der Waals surface area contributed by atoms with Crippen molar-refractivity contribution in [2.75, 3.05) is 11.9 Å². The van der Waals surface area contributed by atoms with Crippen LogP contribution in [-0.2, 0) is 0 Å². The van der Waals surface area contributed by atoms with Crippen LogP contribution in [0.3, 0.4) is 0 Å². The number of anilines is 1. The SMILES string of the molecule is CCC(C)(CCO)Nc1nccn2nccc12. The molecule has 2 rings (SSSR count). The highest BCUT2D eigenvalue weighted by atomic mass is 16.3. The van der Waals surface area contributed by atoms with E-state index in [9.17, 15) is 0 Å². The van der Waals surface area contributed by atoms with Crippen LogP contribution >= 0.6 is 0 Å². The Morgan fingerprint density at radius 3 is 3.00 bits per heavy atom. The van der Waals surface area contributed by atoms with Gasteiger partial charge in [-0.2, -0.15) is 5.10 Å². The largest absolute Gasteiger partial charge is 0.396 e. The van der Waals surface area contributed by atoms with Gasteiger partial charge >= 0.3 is 0 Å². The third-order valence-corrected chi connectivity index (χ3v) is 3.19. The molecule has 0 radical (unpaired) electrons. The highest BCUT2D eigenvalue weighted by Gasteiger charge is 2.22. The lowest BCUT2D eigenvalue weighted by Gasteiger charge is -2.29. The summed E-state index contributed by atoms with van der Waals surface area (Å²) in [5.74, 6) is 0.808. The Labute approximate surface area is 100 Å². The fraction of sp³-hybridized carbons (Fsp3) is 0.500. The minimum atomic E-state index is -0.145. The van der Waals surface area contributed by atoms with Gasteiger partial charge in [0.05, 0.1) is 6.20 Å². The third kappa shape index (κ3) is 2.39. The Hall–Kier alpha value is -1.62. The van der Waals surface area contributed by atoms with Gasteiger partial charge in [-0.05, 0) is 25.8 Å². The summed E-state index contributed by atoms with van der Waals surface area (Å²) in [6, 6.07) is 1.92. The maximum absolute atomic E-state index is 9.11. The van der Waals surface area contributed by atoms with Gasteiger partial charge in [-0.1, -0.05) is 6.92 Å². The van der Waals surface area contributed by atoms with E-state index in [4.69, 9.17) is 5.11 Å². The molecule has 1 unspecified atom stereocenters. The van der Waals surface area contributed by atoms with Crippen LogP contribution in [0.5, 0.6) is 0 Å². The molecule has 0 fully saturated rings. The average Bonchev–Trinajstić information content (AvgIpc) is 2.78. The monoisotopic (exact) mass is 234 g/mol. The molecule has 0 spiro atoms. The number of hydrogen-bond acceptors (Lipinski definition) is 4. The molecular weight excluding hydrogens is 216 g/mol. The van der Waals surface area contributed by atoms with Gasteiger partial charge in [0.1, 0.15) is 5.52 Å². The number of aliphatic hydroxyl groups is 1. The van der Waals surface area contributed by atoms with Crippen molar-refractivity contribution in [2.45, 2.75) is 32.2 Å². The van der Waals surface area contributed by atoms with Crippen LogP contribution in [0.25, 0.3) is 5.52 Å². The van der Waals surface area contributed by atoms with Crippen molar-refractivity contribution in [3.05, 3.63) is 24.7 Å². The molecular formula is C12H18N4O. The van der Waals surface area contributed by atoms with Crippen LogP contribution in [0.2, 0.25) is 0 Å². The van der Waals surface area contributed by atoms with Crippen molar-refractivity contribution in [1.29, 1.82) is 0 Å². The number of hydrogen-bond donors (Lipinski definition) is 2. The molecule has 92 valence electrons. The normalized spacial score (nSPS) is 14.8. The molecule has 0 saturated heterocycles. The van der Waals surface area contributed by atoms with Gasteiger partial charge in [-0.15, -0.1) is 0 Å². The molecule has 2 aromatic heterocycles. The minimum Gasteiger partial charge on any atom is -0.396 e. The first-order chi connectivity index (χ1) is 8.18. The van der Waals surface area contributed by atoms with E-state index < -0.39 is 0 Å². The van der Waals surface area contributed by atoms with Crippen LogP contribution in [0, 0.1) is 0 Å². The van der Waals surface area contributed by atoms with Crippen molar-refractivity contribution in [1.82, 2.24) is 14.6 Å². The van der Waals surface area contributed by atoms with Gasteiger partial charge in [0.15, 0.2) is 5.82 Å². The predicted octanol–water partition coefficient (Wildman–Crippen LogP) is 1.69. The van der Waals surface area contributed by atoms with Crippen LogP contribution < -0.4 is 5.32 Å². The number of nitrogens with zero attached hydrogens (tertiary/aromatic N) is 3. The van der Waals surface area contributed by atoms with Crippen molar-refractivity contribution >= 4 is 11.3 Å². The Morgan fingerprint density at radius 2 is 2.29 bits per heavy atom. The molecule has 5 nitrogen and oxygen atoms in total. The van der Waals surface area contributed by atoms with Gasteiger partial charge in [-0.3, -0.25) is 0 Å². The maximum Gasteiger partial charge on any atom is 0.152 e. The summed E-state index contributed by atoms with van der Waals surface area (Å²) in [6.07, 6.45) is 6.90. The Balaban J connectivity index is 2.31. The first kappa shape index (κ1) is 11.9. The quantitative estimate of drug-likeness (QED) is 0.826. The van der Waals surface area contributed by atoms with Crippen LogP contribution in [-0.4, -0.2) is 31.9 Å². The lowest BCUT2D eigenvalue weighted by Crippen LogP contribution is -2.35. The number of fused-ring (bicyclic) bond motifs is 1. The van der Waals surface area contributed by atoms with Crippen molar-refractivity contribution in [3.63, 3.8) is 0 Å². The minimum absolute atomic E-state index is 0.145. The lowest BCUT2D eigenvalue weighted by molar-refractivity contribution is 0.252. The summed E-state index contributed by atoms with van der Waals surface area (Å²) in [5, 5.41) is 16.7. The molecule has 0 aliphatic rings. The van der Waals surface area contributed by atoms with Crippen molar-refractivity contribution in [2.24, 2.45) is 0 Å². The summed E-state index contributed by atoms with van der Waals surface area (Å²) in [7, 11) is 0. The maximum atomic E-state index is 9.11. The second-order valence-corrected chi connectivity index (χ2v) is 4.45. The molecule has 0 aromatic carbocycles. The van der Waals surface area contributed by atoms with E-state index in [-0.39, 0.29) is 12.1 Å². The summed E-state index contributed by atoms with van der Waals surface area (Å²) >= 11 is 0. The first-order valence-electron chi connectivity index (χ1n) is 5.86. The molecule has 2 aromatic rings. The second kappa shape index (κ2) is 4.71. The predicted molar refractivity (Wildman–Crippen MR) is 67.0 cm³/mol. The molecule has 0 saturated carbocycles. The Bertz CT molecular complexity index is 496. The zero-order valence-electron chi connectivity index (χ0n) is 10.2. The highest BCUT2D eigenvalue weighted by molar-refractivity contribution is 5.67. The number of nitrogens with one attached hydrogen (secondary N) is 1. The van der Waals surface area contributed by atoms with Crippen molar-refractivity contribution < 1.29 is 5.11 Å². The van der Waals surface area contributed by atoms with E-state index in [1.807, 2.05) is 12.3 Å². The van der Waals surface area contributed by atoms with E-state index in [1.165, 1.54) is 0 Å². The molecule has 0 amide bonds. The van der Waals surface area contributed by atoms with Gasteiger partial charge in [0.25, 0.3) is 0 Å². The summed E-state index contributed by atoms with van der Waals surface area (Å²) in [6.45, 7) is 4.35. The molecule has 2 heterocycles. The molecule has 17 heavy (non-hydrogen) atoms. The van der Waals surface area contributed by atoms with Crippen LogP contribution in [0.1, 0.15) is 26.7 Å². The average molecular weight is 234 g/mol. The highest BCUT2D eigenvalue weighted by Crippen LogP contribution is 2.23. The van der Waals surface area contributed by atoms with Crippen molar-refractivity contribution in [3.8, 4) is 0 Å². The second-order valence-electron chi connectivity index (χ2n) is 4.45. The summed E-state index contributed by atoms with van der Waals surface area (Å²) in [5.41, 5.74) is 0.804. The zero-order chi connectivity index (χ0) is 12.3. The lowest BCUT2D eigenvalue weighted by atomic mass is 9.95.